The molecule has 1 aliphatic rings. The van der Waals surface area contributed by atoms with Gasteiger partial charge in [0.05, 0.1) is 23.0 Å². The summed E-state index contributed by atoms with van der Waals surface area (Å²) >= 11 is 0. The molecule has 1 saturated heterocycles. The number of carbonyl (C=O) groups excluding carboxylic acids is 1. The third-order valence-electron chi connectivity index (χ3n) is 5.39. The molecule has 0 bridgehead atoms. The number of hydrogen-bond acceptors (Lipinski definition) is 3. The van der Waals surface area contributed by atoms with Crippen LogP contribution >= 0.6 is 0 Å². The van der Waals surface area contributed by atoms with Crippen LogP contribution in [0, 0.1) is 12.8 Å². The number of nitrogens with zero attached hydrogens (tertiary/aromatic N) is 4. The first-order valence-corrected chi connectivity index (χ1v) is 9.78. The number of fused-ring (bicyclic) bond motifs is 1. The minimum atomic E-state index is 0.113. The monoisotopic (exact) mass is 362 g/mol. The van der Waals surface area contributed by atoms with Crippen LogP contribution in [0.4, 0.5) is 0 Å². The van der Waals surface area contributed by atoms with Crippen molar-refractivity contribution in [3.8, 4) is 11.3 Å². The number of likely N-dealkylation sites (tertiary alicyclic amines) is 1. The van der Waals surface area contributed by atoms with Gasteiger partial charge in [0, 0.05) is 36.8 Å². The molecule has 1 unspecified atom stereocenters. The zero-order valence-corrected chi connectivity index (χ0v) is 16.3. The first-order valence-electron chi connectivity index (χ1n) is 9.78. The van der Waals surface area contributed by atoms with Crippen molar-refractivity contribution in [3.05, 3.63) is 47.8 Å². The molecule has 3 aromatic rings. The number of benzene rings is 1. The lowest BCUT2D eigenvalue weighted by atomic mass is 9.98. The second kappa shape index (κ2) is 7.14. The maximum Gasteiger partial charge on any atom is 0.254 e. The Morgan fingerprint density at radius 1 is 1.30 bits per heavy atom. The van der Waals surface area contributed by atoms with E-state index in [1.807, 2.05) is 34.1 Å². The van der Waals surface area contributed by atoms with Crippen LogP contribution in [0.25, 0.3) is 22.2 Å². The van der Waals surface area contributed by atoms with Crippen LogP contribution in [0.5, 0.6) is 0 Å². The predicted molar refractivity (Wildman–Crippen MR) is 108 cm³/mol. The van der Waals surface area contributed by atoms with E-state index in [1.54, 1.807) is 0 Å². The Labute approximate surface area is 160 Å². The minimum absolute atomic E-state index is 0.113. The van der Waals surface area contributed by atoms with E-state index in [4.69, 9.17) is 4.98 Å². The van der Waals surface area contributed by atoms with Gasteiger partial charge in [-0.05, 0) is 50.3 Å². The van der Waals surface area contributed by atoms with Gasteiger partial charge in [0.15, 0.2) is 0 Å². The average molecular weight is 362 g/mol. The van der Waals surface area contributed by atoms with Gasteiger partial charge in [0.1, 0.15) is 0 Å². The van der Waals surface area contributed by atoms with Gasteiger partial charge in [0.25, 0.3) is 5.91 Å². The van der Waals surface area contributed by atoms with Gasteiger partial charge in [-0.25, -0.2) is 4.98 Å². The molecule has 1 aromatic carbocycles. The second-order valence-electron chi connectivity index (χ2n) is 7.66. The molecule has 140 valence electrons. The van der Waals surface area contributed by atoms with Crippen LogP contribution in [0.3, 0.4) is 0 Å². The molecule has 0 aliphatic carbocycles. The highest BCUT2D eigenvalue weighted by molar-refractivity contribution is 6.07. The first kappa shape index (κ1) is 17.7. The highest BCUT2D eigenvalue weighted by atomic mass is 16.2. The molecule has 1 amide bonds. The Hall–Kier alpha value is -2.69. The summed E-state index contributed by atoms with van der Waals surface area (Å²) in [7, 11) is 0. The van der Waals surface area contributed by atoms with Crippen molar-refractivity contribution in [2.75, 3.05) is 13.1 Å². The Kier molecular flexibility index (Phi) is 4.68. The molecule has 5 nitrogen and oxygen atoms in total. The highest BCUT2D eigenvalue weighted by Crippen LogP contribution is 2.28. The van der Waals surface area contributed by atoms with Crippen molar-refractivity contribution >= 4 is 16.8 Å². The summed E-state index contributed by atoms with van der Waals surface area (Å²) in [6.45, 7) is 8.80. The molecule has 0 radical (unpaired) electrons. The van der Waals surface area contributed by atoms with Gasteiger partial charge in [-0.2, -0.15) is 5.10 Å². The molecule has 1 atom stereocenters. The number of aromatic nitrogens is 3. The fourth-order valence-electron chi connectivity index (χ4n) is 3.88. The van der Waals surface area contributed by atoms with E-state index in [-0.39, 0.29) is 5.91 Å². The molecule has 5 heteroatoms. The Bertz CT molecular complexity index is 991. The van der Waals surface area contributed by atoms with E-state index < -0.39 is 0 Å². The zero-order chi connectivity index (χ0) is 19.0. The van der Waals surface area contributed by atoms with Gasteiger partial charge in [0.2, 0.25) is 0 Å². The van der Waals surface area contributed by atoms with E-state index in [2.05, 4.69) is 38.0 Å². The average Bonchev–Trinajstić information content (AvgIpc) is 3.15. The van der Waals surface area contributed by atoms with Crippen LogP contribution in [-0.2, 0) is 6.54 Å². The third-order valence-corrected chi connectivity index (χ3v) is 5.39. The van der Waals surface area contributed by atoms with Crippen molar-refractivity contribution < 1.29 is 4.79 Å². The van der Waals surface area contributed by atoms with Gasteiger partial charge < -0.3 is 4.90 Å². The van der Waals surface area contributed by atoms with Crippen molar-refractivity contribution in [3.63, 3.8) is 0 Å². The number of carbonyl (C=O) groups is 1. The molecule has 0 spiro atoms. The summed E-state index contributed by atoms with van der Waals surface area (Å²) in [5, 5.41) is 5.29. The quantitative estimate of drug-likeness (QED) is 0.698. The second-order valence-corrected chi connectivity index (χ2v) is 7.66. The molecular formula is C22H26N4O. The van der Waals surface area contributed by atoms with Gasteiger partial charge in [-0.1, -0.05) is 19.1 Å². The molecule has 1 fully saturated rings. The van der Waals surface area contributed by atoms with Crippen molar-refractivity contribution in [1.82, 2.24) is 19.7 Å². The fourth-order valence-corrected chi connectivity index (χ4v) is 3.88. The highest BCUT2D eigenvalue weighted by Gasteiger charge is 2.24. The summed E-state index contributed by atoms with van der Waals surface area (Å²) in [6.07, 6.45) is 6.08. The summed E-state index contributed by atoms with van der Waals surface area (Å²) in [5.74, 6) is 0.669. The van der Waals surface area contributed by atoms with Crippen LogP contribution in [-0.4, -0.2) is 38.7 Å². The first-order chi connectivity index (χ1) is 13.0. The Morgan fingerprint density at radius 3 is 2.89 bits per heavy atom. The fraction of sp³-hybridized carbons (Fsp3) is 0.409. The molecule has 3 heterocycles. The SMILES string of the molecule is CCn1cc(-c2cc(C(=O)N3CCCC(C)C3)c3ccc(C)cc3n2)cn1. The van der Waals surface area contributed by atoms with Crippen molar-refractivity contribution in [1.29, 1.82) is 0 Å². The van der Waals surface area contributed by atoms with E-state index in [0.717, 1.165) is 59.3 Å². The molecule has 1 aliphatic heterocycles. The van der Waals surface area contributed by atoms with E-state index in [9.17, 15) is 4.79 Å². The summed E-state index contributed by atoms with van der Waals surface area (Å²) in [6, 6.07) is 8.07. The summed E-state index contributed by atoms with van der Waals surface area (Å²) in [5.41, 5.74) is 4.50. The van der Waals surface area contributed by atoms with Gasteiger partial charge in [-0.3, -0.25) is 9.48 Å². The van der Waals surface area contributed by atoms with E-state index in [0.29, 0.717) is 5.92 Å². The summed E-state index contributed by atoms with van der Waals surface area (Å²) in [4.78, 5) is 20.2. The van der Waals surface area contributed by atoms with Gasteiger partial charge >= 0.3 is 0 Å². The number of pyridine rings is 1. The van der Waals surface area contributed by atoms with Crippen molar-refractivity contribution in [2.24, 2.45) is 5.92 Å². The molecule has 0 saturated carbocycles. The van der Waals surface area contributed by atoms with Crippen molar-refractivity contribution in [2.45, 2.75) is 40.2 Å². The lowest BCUT2D eigenvalue weighted by Crippen LogP contribution is -2.39. The maximum absolute atomic E-state index is 13.4. The van der Waals surface area contributed by atoms with Crippen LogP contribution in [0.1, 0.15) is 42.6 Å². The zero-order valence-electron chi connectivity index (χ0n) is 16.3. The van der Waals surface area contributed by atoms with E-state index >= 15 is 0 Å². The molecule has 2 aromatic heterocycles. The topological polar surface area (TPSA) is 51.0 Å². The molecule has 27 heavy (non-hydrogen) atoms. The third kappa shape index (κ3) is 3.46. The number of rotatable bonds is 3. The number of amides is 1. The number of aryl methyl sites for hydroxylation is 2. The standard InChI is InChI=1S/C22H26N4O/c1-4-26-14-17(12-23-26)20-11-19(18-8-7-15(2)10-21(18)24-20)22(27)25-9-5-6-16(3)13-25/h7-8,10-12,14,16H,4-6,9,13H2,1-3H3. The molecular weight excluding hydrogens is 336 g/mol. The predicted octanol–water partition coefficient (Wildman–Crippen LogP) is 4.30. The Balaban J connectivity index is 1.83. The lowest BCUT2D eigenvalue weighted by molar-refractivity contribution is 0.0685. The number of piperidine rings is 1. The Morgan fingerprint density at radius 2 is 2.15 bits per heavy atom. The maximum atomic E-state index is 13.4. The van der Waals surface area contributed by atoms with Crippen LogP contribution in [0.15, 0.2) is 36.7 Å². The van der Waals surface area contributed by atoms with Crippen LogP contribution < -0.4 is 0 Å². The largest absolute Gasteiger partial charge is 0.338 e. The minimum Gasteiger partial charge on any atom is -0.338 e. The lowest BCUT2D eigenvalue weighted by Gasteiger charge is -2.31. The van der Waals surface area contributed by atoms with E-state index in [1.165, 1.54) is 6.42 Å². The number of hydrogen-bond donors (Lipinski definition) is 0. The molecule has 4 rings (SSSR count). The summed E-state index contributed by atoms with van der Waals surface area (Å²) < 4.78 is 1.88. The van der Waals surface area contributed by atoms with Gasteiger partial charge in [-0.15, -0.1) is 0 Å². The van der Waals surface area contributed by atoms with Crippen LogP contribution in [0.2, 0.25) is 0 Å². The molecule has 0 N–H and O–H groups in total. The smallest absolute Gasteiger partial charge is 0.254 e. The normalized spacial score (nSPS) is 17.4.